The number of nitrogens with one attached hydrogen (secondary N) is 1. The molecule has 3 rings (SSSR count). The standard InChI is InChI=1S/C10H15NO/c12-5-9-10-7-2-1-6(3-7)8(10)4-11-9/h1-2,6-12H,3-5H2/t6?,7?,8?,9-,10?/m1/s1. The van der Waals surface area contributed by atoms with Gasteiger partial charge in [0, 0.05) is 6.04 Å². The lowest BCUT2D eigenvalue weighted by Gasteiger charge is -2.23. The molecular weight excluding hydrogens is 150 g/mol. The van der Waals surface area contributed by atoms with Gasteiger partial charge in [-0.1, -0.05) is 12.2 Å². The maximum absolute atomic E-state index is 9.15. The highest BCUT2D eigenvalue weighted by Gasteiger charge is 2.50. The van der Waals surface area contributed by atoms with Crippen molar-refractivity contribution in [1.29, 1.82) is 0 Å². The van der Waals surface area contributed by atoms with Crippen LogP contribution in [-0.2, 0) is 0 Å². The molecule has 2 nitrogen and oxygen atoms in total. The Morgan fingerprint density at radius 2 is 2.17 bits per heavy atom. The third-order valence-corrected chi connectivity index (χ3v) is 3.97. The van der Waals surface area contributed by atoms with Gasteiger partial charge in [-0.15, -0.1) is 0 Å². The molecule has 66 valence electrons. The van der Waals surface area contributed by atoms with Gasteiger partial charge < -0.3 is 10.4 Å². The summed E-state index contributed by atoms with van der Waals surface area (Å²) in [6, 6.07) is 0.384. The molecule has 2 fully saturated rings. The maximum Gasteiger partial charge on any atom is 0.0587 e. The molecule has 0 spiro atoms. The first-order valence-corrected chi connectivity index (χ1v) is 4.92. The summed E-state index contributed by atoms with van der Waals surface area (Å²) in [6.07, 6.45) is 6.10. The van der Waals surface area contributed by atoms with Crippen molar-refractivity contribution in [2.24, 2.45) is 23.7 Å². The molecule has 12 heavy (non-hydrogen) atoms. The van der Waals surface area contributed by atoms with E-state index in [4.69, 9.17) is 5.11 Å². The number of rotatable bonds is 1. The summed E-state index contributed by atoms with van der Waals surface area (Å²) < 4.78 is 0. The van der Waals surface area contributed by atoms with Crippen LogP contribution in [0.25, 0.3) is 0 Å². The van der Waals surface area contributed by atoms with Crippen molar-refractivity contribution in [1.82, 2.24) is 5.32 Å². The summed E-state index contributed by atoms with van der Waals surface area (Å²) in [5.74, 6) is 3.17. The van der Waals surface area contributed by atoms with E-state index >= 15 is 0 Å². The van der Waals surface area contributed by atoms with Crippen LogP contribution < -0.4 is 5.32 Å². The van der Waals surface area contributed by atoms with Crippen molar-refractivity contribution in [3.05, 3.63) is 12.2 Å². The normalized spacial score (nSPS) is 54.9. The van der Waals surface area contributed by atoms with Crippen molar-refractivity contribution in [2.45, 2.75) is 12.5 Å². The molecule has 5 atom stereocenters. The van der Waals surface area contributed by atoms with E-state index in [0.29, 0.717) is 12.6 Å². The predicted octanol–water partition coefficient (Wildman–Crippen LogP) is 0.389. The first kappa shape index (κ1) is 7.10. The van der Waals surface area contributed by atoms with Gasteiger partial charge in [-0.25, -0.2) is 0 Å². The lowest BCUT2D eigenvalue weighted by molar-refractivity contribution is 0.206. The van der Waals surface area contributed by atoms with Gasteiger partial charge in [-0.3, -0.25) is 0 Å². The summed E-state index contributed by atoms with van der Waals surface area (Å²) in [4.78, 5) is 0. The molecule has 2 aliphatic carbocycles. The van der Waals surface area contributed by atoms with Gasteiger partial charge >= 0.3 is 0 Å². The molecule has 1 saturated heterocycles. The molecule has 2 N–H and O–H groups in total. The van der Waals surface area contributed by atoms with Gasteiger partial charge in [0.2, 0.25) is 0 Å². The number of aliphatic hydroxyl groups is 1. The summed E-state index contributed by atoms with van der Waals surface area (Å²) in [6.45, 7) is 1.44. The minimum atomic E-state index is 0.318. The molecule has 2 bridgehead atoms. The smallest absolute Gasteiger partial charge is 0.0587 e. The second-order valence-electron chi connectivity index (χ2n) is 4.39. The molecule has 0 amide bonds. The summed E-state index contributed by atoms with van der Waals surface area (Å²) >= 11 is 0. The Morgan fingerprint density at radius 3 is 3.00 bits per heavy atom. The quantitative estimate of drug-likeness (QED) is 0.551. The van der Waals surface area contributed by atoms with Crippen LogP contribution in [0.5, 0.6) is 0 Å². The molecule has 1 heterocycles. The lowest BCUT2D eigenvalue weighted by Crippen LogP contribution is -2.33. The van der Waals surface area contributed by atoms with E-state index in [2.05, 4.69) is 17.5 Å². The van der Waals surface area contributed by atoms with Crippen molar-refractivity contribution in [2.75, 3.05) is 13.2 Å². The third kappa shape index (κ3) is 0.723. The van der Waals surface area contributed by atoms with Gasteiger partial charge in [0.15, 0.2) is 0 Å². The first-order chi connectivity index (χ1) is 5.90. The van der Waals surface area contributed by atoms with Gasteiger partial charge in [0.1, 0.15) is 0 Å². The highest BCUT2D eigenvalue weighted by molar-refractivity contribution is 5.18. The highest BCUT2D eigenvalue weighted by Crippen LogP contribution is 2.51. The number of aliphatic hydroxyl groups excluding tert-OH is 1. The molecule has 3 aliphatic rings. The topological polar surface area (TPSA) is 32.3 Å². The molecule has 2 heteroatoms. The first-order valence-electron chi connectivity index (χ1n) is 4.92. The number of hydrogen-bond donors (Lipinski definition) is 2. The Bertz CT molecular complexity index is 226. The SMILES string of the molecule is OC[C@H]1NCC2C3C=CC(C3)C21. The van der Waals surface area contributed by atoms with Gasteiger partial charge in [0.05, 0.1) is 6.61 Å². The molecule has 0 aromatic heterocycles. The Labute approximate surface area is 72.7 Å². The van der Waals surface area contributed by atoms with Gasteiger partial charge in [0.25, 0.3) is 0 Å². The third-order valence-electron chi connectivity index (χ3n) is 3.97. The summed E-state index contributed by atoms with van der Waals surface area (Å²) in [5, 5.41) is 12.6. The number of allylic oxidation sites excluding steroid dienone is 2. The monoisotopic (exact) mass is 165 g/mol. The molecule has 1 aliphatic heterocycles. The summed E-state index contributed by atoms with van der Waals surface area (Å²) in [5.41, 5.74) is 0. The average Bonchev–Trinajstić information content (AvgIpc) is 2.76. The van der Waals surface area contributed by atoms with Crippen LogP contribution in [0, 0.1) is 23.7 Å². The van der Waals surface area contributed by atoms with E-state index in [0.717, 1.165) is 30.2 Å². The molecule has 0 radical (unpaired) electrons. The molecule has 0 aromatic carbocycles. The lowest BCUT2D eigenvalue weighted by atomic mass is 9.82. The Hall–Kier alpha value is -0.340. The predicted molar refractivity (Wildman–Crippen MR) is 46.6 cm³/mol. The zero-order chi connectivity index (χ0) is 8.13. The van der Waals surface area contributed by atoms with Crippen LogP contribution in [0.3, 0.4) is 0 Å². The fourth-order valence-corrected chi connectivity index (χ4v) is 3.46. The second kappa shape index (κ2) is 2.33. The zero-order valence-corrected chi connectivity index (χ0v) is 7.11. The van der Waals surface area contributed by atoms with E-state index in [1.165, 1.54) is 6.42 Å². The highest BCUT2D eigenvalue weighted by atomic mass is 16.3. The van der Waals surface area contributed by atoms with Crippen LogP contribution in [0.2, 0.25) is 0 Å². The van der Waals surface area contributed by atoms with Crippen molar-refractivity contribution >= 4 is 0 Å². The van der Waals surface area contributed by atoms with Gasteiger partial charge in [-0.2, -0.15) is 0 Å². The van der Waals surface area contributed by atoms with Crippen LogP contribution in [0.15, 0.2) is 12.2 Å². The average molecular weight is 165 g/mol. The Morgan fingerprint density at radius 1 is 1.33 bits per heavy atom. The molecular formula is C10H15NO. The Balaban J connectivity index is 1.89. The van der Waals surface area contributed by atoms with E-state index in [1.807, 2.05) is 0 Å². The van der Waals surface area contributed by atoms with Crippen molar-refractivity contribution < 1.29 is 5.11 Å². The largest absolute Gasteiger partial charge is 0.395 e. The van der Waals surface area contributed by atoms with Crippen LogP contribution in [0.1, 0.15) is 6.42 Å². The van der Waals surface area contributed by atoms with E-state index in [1.54, 1.807) is 0 Å². The fourth-order valence-electron chi connectivity index (χ4n) is 3.46. The molecule has 0 aromatic rings. The molecule has 1 saturated carbocycles. The summed E-state index contributed by atoms with van der Waals surface area (Å²) in [7, 11) is 0. The fraction of sp³-hybridized carbons (Fsp3) is 0.800. The van der Waals surface area contributed by atoms with E-state index < -0.39 is 0 Å². The minimum Gasteiger partial charge on any atom is -0.395 e. The number of hydrogen-bond acceptors (Lipinski definition) is 2. The second-order valence-corrected chi connectivity index (χ2v) is 4.39. The van der Waals surface area contributed by atoms with Gasteiger partial charge in [-0.05, 0) is 36.6 Å². The molecule has 4 unspecified atom stereocenters. The van der Waals surface area contributed by atoms with Crippen LogP contribution >= 0.6 is 0 Å². The Kier molecular flexibility index (Phi) is 1.38. The zero-order valence-electron chi connectivity index (χ0n) is 7.11. The van der Waals surface area contributed by atoms with Crippen molar-refractivity contribution in [3.8, 4) is 0 Å². The minimum absolute atomic E-state index is 0.318. The van der Waals surface area contributed by atoms with E-state index in [9.17, 15) is 0 Å². The van der Waals surface area contributed by atoms with Crippen molar-refractivity contribution in [3.63, 3.8) is 0 Å². The maximum atomic E-state index is 9.15. The number of fused-ring (bicyclic) bond motifs is 5. The van der Waals surface area contributed by atoms with E-state index in [-0.39, 0.29) is 0 Å². The van der Waals surface area contributed by atoms with Crippen LogP contribution in [-0.4, -0.2) is 24.3 Å². The van der Waals surface area contributed by atoms with Crippen LogP contribution in [0.4, 0.5) is 0 Å².